The van der Waals surface area contributed by atoms with Crippen LogP contribution in [-0.4, -0.2) is 0 Å². The van der Waals surface area contributed by atoms with Crippen LogP contribution >= 0.6 is 22.7 Å². The third-order valence-electron chi connectivity index (χ3n) is 5.04. The van der Waals surface area contributed by atoms with Crippen molar-refractivity contribution in [3.8, 4) is 0 Å². The van der Waals surface area contributed by atoms with Gasteiger partial charge in [0.25, 0.3) is 0 Å². The van der Waals surface area contributed by atoms with E-state index in [0.717, 1.165) is 11.4 Å². The summed E-state index contributed by atoms with van der Waals surface area (Å²) in [6.07, 6.45) is 0. The Morgan fingerprint density at radius 1 is 0.444 bits per heavy atom. The van der Waals surface area contributed by atoms with E-state index in [0.29, 0.717) is 0 Å². The van der Waals surface area contributed by atoms with E-state index in [1.165, 1.54) is 40.3 Å². The van der Waals surface area contributed by atoms with Crippen molar-refractivity contribution in [2.24, 2.45) is 0 Å². The van der Waals surface area contributed by atoms with E-state index in [-0.39, 0.29) is 0 Å². The summed E-state index contributed by atoms with van der Waals surface area (Å²) in [5.41, 5.74) is 2.26. The van der Waals surface area contributed by atoms with Crippen LogP contribution in [0.2, 0.25) is 0 Å². The molecule has 1 nitrogen and oxygen atoms in total. The van der Waals surface area contributed by atoms with Crippen molar-refractivity contribution in [2.75, 3.05) is 5.32 Å². The average Bonchev–Trinajstić information content (AvgIpc) is 3.26. The summed E-state index contributed by atoms with van der Waals surface area (Å²) in [5.74, 6) is 0. The molecule has 0 aliphatic rings. The molecule has 4 aromatic carbocycles. The SMILES string of the molecule is c1ccc2c(c1)sc1ccc(Nc3ccc4sc5ccccc5c4c3)cc12. The largest absolute Gasteiger partial charge is 0.355 e. The van der Waals surface area contributed by atoms with Gasteiger partial charge in [-0.2, -0.15) is 0 Å². The Bertz CT molecular complexity index is 1340. The molecule has 0 bridgehead atoms. The Morgan fingerprint density at radius 2 is 0.889 bits per heavy atom. The van der Waals surface area contributed by atoms with Crippen molar-refractivity contribution in [2.45, 2.75) is 0 Å². The maximum absolute atomic E-state index is 3.61. The van der Waals surface area contributed by atoms with Crippen LogP contribution in [0.1, 0.15) is 0 Å². The lowest BCUT2D eigenvalue weighted by Crippen LogP contribution is -1.89. The summed E-state index contributed by atoms with van der Waals surface area (Å²) in [6.45, 7) is 0. The van der Waals surface area contributed by atoms with Gasteiger partial charge in [0.2, 0.25) is 0 Å². The van der Waals surface area contributed by atoms with Crippen molar-refractivity contribution < 1.29 is 0 Å². The zero-order valence-corrected chi connectivity index (χ0v) is 16.0. The number of hydrogen-bond donors (Lipinski definition) is 1. The lowest BCUT2D eigenvalue weighted by Gasteiger charge is -2.07. The first-order chi connectivity index (χ1) is 13.3. The quantitative estimate of drug-likeness (QED) is 0.319. The molecule has 2 heterocycles. The Kier molecular flexibility index (Phi) is 3.27. The molecule has 0 saturated heterocycles. The highest BCUT2D eigenvalue weighted by Gasteiger charge is 2.08. The molecular formula is C24H15NS2. The number of benzene rings is 4. The van der Waals surface area contributed by atoms with Crippen LogP contribution in [0.5, 0.6) is 0 Å². The van der Waals surface area contributed by atoms with Crippen LogP contribution in [0.15, 0.2) is 84.9 Å². The number of rotatable bonds is 2. The van der Waals surface area contributed by atoms with Gasteiger partial charge in [0.05, 0.1) is 0 Å². The minimum absolute atomic E-state index is 1.13. The Balaban J connectivity index is 1.46. The van der Waals surface area contributed by atoms with E-state index in [2.05, 4.69) is 90.2 Å². The van der Waals surface area contributed by atoms with Crippen molar-refractivity contribution in [3.05, 3.63) is 84.9 Å². The lowest BCUT2D eigenvalue weighted by atomic mass is 10.1. The van der Waals surface area contributed by atoms with Gasteiger partial charge in [0.15, 0.2) is 0 Å². The zero-order valence-electron chi connectivity index (χ0n) is 14.4. The fourth-order valence-electron chi connectivity index (χ4n) is 3.77. The van der Waals surface area contributed by atoms with E-state index in [1.807, 2.05) is 22.7 Å². The standard InChI is InChI=1S/C24H15NS2/c1-3-7-21-17(5-1)19-13-15(9-11-23(19)26-21)25-16-10-12-24-20(14-16)18-6-2-4-8-22(18)27-24/h1-14,25H. The molecule has 0 amide bonds. The monoisotopic (exact) mass is 381 g/mol. The van der Waals surface area contributed by atoms with Crippen molar-refractivity contribution >= 4 is 74.4 Å². The number of fused-ring (bicyclic) bond motifs is 6. The molecule has 0 saturated carbocycles. The molecule has 0 aliphatic carbocycles. The van der Waals surface area contributed by atoms with Crippen LogP contribution < -0.4 is 5.32 Å². The molecule has 0 aliphatic heterocycles. The Labute approximate surface area is 164 Å². The maximum Gasteiger partial charge on any atom is 0.0391 e. The third-order valence-corrected chi connectivity index (χ3v) is 7.35. The lowest BCUT2D eigenvalue weighted by molar-refractivity contribution is 1.61. The van der Waals surface area contributed by atoms with E-state index < -0.39 is 0 Å². The normalized spacial score (nSPS) is 11.7. The van der Waals surface area contributed by atoms with E-state index in [4.69, 9.17) is 0 Å². The van der Waals surface area contributed by atoms with Crippen LogP contribution in [0.3, 0.4) is 0 Å². The maximum atomic E-state index is 3.61. The second-order valence-corrected chi connectivity index (χ2v) is 8.91. The molecule has 3 heteroatoms. The van der Waals surface area contributed by atoms with Crippen molar-refractivity contribution in [1.82, 2.24) is 0 Å². The summed E-state index contributed by atoms with van der Waals surface area (Å²) >= 11 is 3.71. The number of nitrogens with one attached hydrogen (secondary N) is 1. The molecular weight excluding hydrogens is 366 g/mol. The third kappa shape index (κ3) is 2.43. The fourth-order valence-corrected chi connectivity index (χ4v) is 5.95. The Morgan fingerprint density at radius 3 is 1.41 bits per heavy atom. The van der Waals surface area contributed by atoms with Gasteiger partial charge in [-0.05, 0) is 48.5 Å². The molecule has 1 N–H and O–H groups in total. The predicted octanol–water partition coefficient (Wildman–Crippen LogP) is 8.17. The summed E-state index contributed by atoms with van der Waals surface area (Å²) in [7, 11) is 0. The number of anilines is 2. The first-order valence-electron chi connectivity index (χ1n) is 8.95. The van der Waals surface area contributed by atoms with Gasteiger partial charge in [-0.3, -0.25) is 0 Å². The second kappa shape index (κ2) is 5.81. The Hall–Kier alpha value is -2.88. The van der Waals surface area contributed by atoms with Gasteiger partial charge in [-0.1, -0.05) is 36.4 Å². The molecule has 0 radical (unpaired) electrons. The molecule has 27 heavy (non-hydrogen) atoms. The van der Waals surface area contributed by atoms with Crippen LogP contribution in [0, 0.1) is 0 Å². The van der Waals surface area contributed by atoms with Gasteiger partial charge < -0.3 is 5.32 Å². The van der Waals surface area contributed by atoms with Gasteiger partial charge in [-0.25, -0.2) is 0 Å². The van der Waals surface area contributed by atoms with Crippen molar-refractivity contribution in [1.29, 1.82) is 0 Å². The van der Waals surface area contributed by atoms with E-state index >= 15 is 0 Å². The molecule has 128 valence electrons. The highest BCUT2D eigenvalue weighted by Crippen LogP contribution is 2.37. The van der Waals surface area contributed by atoms with E-state index in [9.17, 15) is 0 Å². The van der Waals surface area contributed by atoms with Crippen LogP contribution in [0.25, 0.3) is 40.3 Å². The predicted molar refractivity (Wildman–Crippen MR) is 122 cm³/mol. The molecule has 0 fully saturated rings. The molecule has 6 aromatic rings. The van der Waals surface area contributed by atoms with Gasteiger partial charge >= 0.3 is 0 Å². The molecule has 0 atom stereocenters. The average molecular weight is 382 g/mol. The fraction of sp³-hybridized carbons (Fsp3) is 0. The minimum atomic E-state index is 1.13. The summed E-state index contributed by atoms with van der Waals surface area (Å²) in [5, 5.41) is 8.92. The van der Waals surface area contributed by atoms with Crippen LogP contribution in [-0.2, 0) is 0 Å². The first-order valence-corrected chi connectivity index (χ1v) is 10.6. The van der Waals surface area contributed by atoms with Crippen LogP contribution in [0.4, 0.5) is 11.4 Å². The zero-order chi connectivity index (χ0) is 17.8. The molecule has 0 unspecified atom stereocenters. The highest BCUT2D eigenvalue weighted by molar-refractivity contribution is 7.26. The number of thiophene rings is 2. The number of hydrogen-bond acceptors (Lipinski definition) is 3. The highest BCUT2D eigenvalue weighted by atomic mass is 32.1. The summed E-state index contributed by atoms with van der Waals surface area (Å²) in [4.78, 5) is 0. The van der Waals surface area contributed by atoms with Gasteiger partial charge in [-0.15, -0.1) is 22.7 Å². The minimum Gasteiger partial charge on any atom is -0.355 e. The van der Waals surface area contributed by atoms with Gasteiger partial charge in [0.1, 0.15) is 0 Å². The molecule has 6 rings (SSSR count). The summed E-state index contributed by atoms with van der Waals surface area (Å²) < 4.78 is 5.36. The smallest absolute Gasteiger partial charge is 0.0391 e. The summed E-state index contributed by atoms with van der Waals surface area (Å²) in [6, 6.07) is 30.6. The van der Waals surface area contributed by atoms with Gasteiger partial charge in [0, 0.05) is 51.7 Å². The van der Waals surface area contributed by atoms with Crippen molar-refractivity contribution in [3.63, 3.8) is 0 Å². The molecule has 2 aromatic heterocycles. The first kappa shape index (κ1) is 15.2. The molecule has 0 spiro atoms. The topological polar surface area (TPSA) is 12.0 Å². The second-order valence-electron chi connectivity index (χ2n) is 6.74. The van der Waals surface area contributed by atoms with E-state index in [1.54, 1.807) is 0 Å².